The van der Waals surface area contributed by atoms with Gasteiger partial charge in [-0.15, -0.1) is 0 Å². The van der Waals surface area contributed by atoms with Crippen LogP contribution in [0.1, 0.15) is 43.5 Å². The van der Waals surface area contributed by atoms with E-state index in [0.717, 1.165) is 11.0 Å². The third-order valence-electron chi connectivity index (χ3n) is 3.66. The molecule has 0 spiro atoms. The maximum atomic E-state index is 12.3. The second kappa shape index (κ2) is 6.37. The topological polar surface area (TPSA) is 54.0 Å². The number of hydrogen-bond donors (Lipinski definition) is 2. The average molecular weight is 326 g/mol. The van der Waals surface area contributed by atoms with E-state index in [9.17, 15) is 4.79 Å². The summed E-state index contributed by atoms with van der Waals surface area (Å²) in [5.74, 6) is 1.22. The molecule has 0 saturated heterocycles. The highest BCUT2D eigenvalue weighted by molar-refractivity contribution is 9.10. The summed E-state index contributed by atoms with van der Waals surface area (Å²) in [7, 11) is 0. The number of nitrogens with zero attached hydrogens (tertiary/aromatic N) is 1. The van der Waals surface area contributed by atoms with Crippen LogP contribution < -0.4 is 10.6 Å². The van der Waals surface area contributed by atoms with Crippen LogP contribution >= 0.6 is 15.9 Å². The SMILES string of the molecule is CCNc1ncc(Br)cc1C(=O)NC(C)C1CCC1. The molecule has 4 nitrogen and oxygen atoms in total. The monoisotopic (exact) mass is 325 g/mol. The highest BCUT2D eigenvalue weighted by atomic mass is 79.9. The van der Waals surface area contributed by atoms with Crippen LogP contribution in [-0.4, -0.2) is 23.5 Å². The largest absolute Gasteiger partial charge is 0.370 e. The Bertz CT molecular complexity index is 460. The first-order valence-electron chi connectivity index (χ1n) is 6.82. The summed E-state index contributed by atoms with van der Waals surface area (Å²) < 4.78 is 0.815. The van der Waals surface area contributed by atoms with Gasteiger partial charge < -0.3 is 10.6 Å². The number of amides is 1. The van der Waals surface area contributed by atoms with Crippen LogP contribution in [0.2, 0.25) is 0 Å². The number of carbonyl (C=O) groups excluding carboxylic acids is 1. The smallest absolute Gasteiger partial charge is 0.255 e. The standard InChI is InChI=1S/C14H20BrN3O/c1-3-16-13-12(7-11(15)8-17-13)14(19)18-9(2)10-5-4-6-10/h7-10H,3-6H2,1-2H3,(H,16,17)(H,18,19). The van der Waals surface area contributed by atoms with Crippen LogP contribution in [-0.2, 0) is 0 Å². The number of halogens is 1. The van der Waals surface area contributed by atoms with E-state index in [-0.39, 0.29) is 11.9 Å². The van der Waals surface area contributed by atoms with E-state index in [4.69, 9.17) is 0 Å². The van der Waals surface area contributed by atoms with E-state index in [0.29, 0.717) is 17.3 Å². The molecule has 1 aromatic heterocycles. The van der Waals surface area contributed by atoms with Gasteiger partial charge in [0.15, 0.2) is 0 Å². The second-order valence-electron chi connectivity index (χ2n) is 5.03. The predicted molar refractivity (Wildman–Crippen MR) is 80.4 cm³/mol. The lowest BCUT2D eigenvalue weighted by Gasteiger charge is -2.32. The predicted octanol–water partition coefficient (Wildman–Crippen LogP) is 3.19. The van der Waals surface area contributed by atoms with Crippen LogP contribution in [0.5, 0.6) is 0 Å². The van der Waals surface area contributed by atoms with E-state index in [2.05, 4.69) is 38.5 Å². The lowest BCUT2D eigenvalue weighted by molar-refractivity contribution is 0.0909. The van der Waals surface area contributed by atoms with E-state index in [1.807, 2.05) is 13.0 Å². The number of rotatable bonds is 5. The normalized spacial score (nSPS) is 16.6. The molecule has 1 unspecified atom stereocenters. The number of hydrogen-bond acceptors (Lipinski definition) is 3. The zero-order valence-corrected chi connectivity index (χ0v) is 13.0. The first-order chi connectivity index (χ1) is 9.11. The fourth-order valence-corrected chi connectivity index (χ4v) is 2.59. The minimum absolute atomic E-state index is 0.0517. The van der Waals surface area contributed by atoms with Gasteiger partial charge in [0.1, 0.15) is 5.82 Å². The third kappa shape index (κ3) is 3.47. The van der Waals surface area contributed by atoms with Crippen molar-refractivity contribution < 1.29 is 4.79 Å². The molecule has 104 valence electrons. The zero-order valence-electron chi connectivity index (χ0n) is 11.4. The molecule has 2 N–H and O–H groups in total. The molecule has 1 saturated carbocycles. The van der Waals surface area contributed by atoms with Crippen LogP contribution in [0.15, 0.2) is 16.7 Å². The number of pyridine rings is 1. The van der Waals surface area contributed by atoms with Crippen LogP contribution in [0.25, 0.3) is 0 Å². The van der Waals surface area contributed by atoms with Crippen LogP contribution in [0.3, 0.4) is 0 Å². The Hall–Kier alpha value is -1.10. The summed E-state index contributed by atoms with van der Waals surface area (Å²) in [4.78, 5) is 16.6. The summed E-state index contributed by atoms with van der Waals surface area (Å²) in [6.07, 6.45) is 5.42. The molecule has 1 aliphatic carbocycles. The Morgan fingerprint density at radius 2 is 2.32 bits per heavy atom. The van der Waals surface area contributed by atoms with Crippen LogP contribution in [0, 0.1) is 5.92 Å². The summed E-state index contributed by atoms with van der Waals surface area (Å²) in [6, 6.07) is 2.04. The molecule has 5 heteroatoms. The van der Waals surface area contributed by atoms with Gasteiger partial charge in [0, 0.05) is 23.3 Å². The maximum Gasteiger partial charge on any atom is 0.255 e. The number of anilines is 1. The Morgan fingerprint density at radius 1 is 1.58 bits per heavy atom. The molecular weight excluding hydrogens is 306 g/mol. The number of nitrogens with one attached hydrogen (secondary N) is 2. The maximum absolute atomic E-state index is 12.3. The van der Waals surface area contributed by atoms with E-state index in [1.54, 1.807) is 6.20 Å². The highest BCUT2D eigenvalue weighted by Crippen LogP contribution is 2.29. The Balaban J connectivity index is 2.10. The van der Waals surface area contributed by atoms with Crippen molar-refractivity contribution in [3.8, 4) is 0 Å². The molecule has 2 rings (SSSR count). The average Bonchev–Trinajstić information content (AvgIpc) is 2.29. The third-order valence-corrected chi connectivity index (χ3v) is 4.09. The second-order valence-corrected chi connectivity index (χ2v) is 5.95. The Labute approximate surface area is 122 Å². The number of carbonyl (C=O) groups is 1. The van der Waals surface area contributed by atoms with Gasteiger partial charge in [0.2, 0.25) is 0 Å². The number of aromatic nitrogens is 1. The molecule has 1 amide bonds. The minimum atomic E-state index is -0.0517. The molecule has 0 radical (unpaired) electrons. The summed E-state index contributed by atoms with van der Waals surface area (Å²) in [5.41, 5.74) is 0.599. The first-order valence-corrected chi connectivity index (χ1v) is 7.61. The molecular formula is C14H20BrN3O. The van der Waals surface area contributed by atoms with Gasteiger partial charge in [-0.25, -0.2) is 4.98 Å². The summed E-state index contributed by atoms with van der Waals surface area (Å²) in [5, 5.41) is 6.21. The molecule has 19 heavy (non-hydrogen) atoms. The van der Waals surface area contributed by atoms with Crippen molar-refractivity contribution in [2.75, 3.05) is 11.9 Å². The fraction of sp³-hybridized carbons (Fsp3) is 0.571. The molecule has 1 heterocycles. The molecule has 0 aromatic carbocycles. The van der Waals surface area contributed by atoms with Crippen molar-refractivity contribution in [3.05, 3.63) is 22.3 Å². The Morgan fingerprint density at radius 3 is 2.89 bits per heavy atom. The lowest BCUT2D eigenvalue weighted by atomic mass is 9.80. The van der Waals surface area contributed by atoms with Crippen molar-refractivity contribution in [2.24, 2.45) is 5.92 Å². The Kier molecular flexibility index (Phi) is 4.80. The lowest BCUT2D eigenvalue weighted by Crippen LogP contribution is -2.41. The van der Waals surface area contributed by atoms with Gasteiger partial charge in [0.05, 0.1) is 5.56 Å². The van der Waals surface area contributed by atoms with Crippen molar-refractivity contribution in [3.63, 3.8) is 0 Å². The summed E-state index contributed by atoms with van der Waals surface area (Å²) in [6.45, 7) is 4.82. The zero-order chi connectivity index (χ0) is 13.8. The molecule has 1 aromatic rings. The molecule has 1 atom stereocenters. The van der Waals surface area contributed by atoms with Gasteiger partial charge in [-0.05, 0) is 54.6 Å². The van der Waals surface area contributed by atoms with E-state index >= 15 is 0 Å². The molecule has 1 fully saturated rings. The van der Waals surface area contributed by atoms with Crippen LogP contribution in [0.4, 0.5) is 5.82 Å². The van der Waals surface area contributed by atoms with Crippen molar-refractivity contribution in [1.29, 1.82) is 0 Å². The van der Waals surface area contributed by atoms with Crippen molar-refractivity contribution in [2.45, 2.75) is 39.2 Å². The van der Waals surface area contributed by atoms with Gasteiger partial charge in [0.25, 0.3) is 5.91 Å². The van der Waals surface area contributed by atoms with Crippen molar-refractivity contribution >= 4 is 27.7 Å². The van der Waals surface area contributed by atoms with E-state index in [1.165, 1.54) is 19.3 Å². The van der Waals surface area contributed by atoms with Gasteiger partial charge in [-0.1, -0.05) is 6.42 Å². The molecule has 1 aliphatic rings. The quantitative estimate of drug-likeness (QED) is 0.874. The summed E-state index contributed by atoms with van der Waals surface area (Å²) >= 11 is 3.37. The van der Waals surface area contributed by atoms with E-state index < -0.39 is 0 Å². The fourth-order valence-electron chi connectivity index (χ4n) is 2.26. The highest BCUT2D eigenvalue weighted by Gasteiger charge is 2.26. The van der Waals surface area contributed by atoms with Crippen molar-refractivity contribution in [1.82, 2.24) is 10.3 Å². The van der Waals surface area contributed by atoms with Gasteiger partial charge in [-0.2, -0.15) is 0 Å². The van der Waals surface area contributed by atoms with Gasteiger partial charge >= 0.3 is 0 Å². The first kappa shape index (κ1) is 14.3. The van der Waals surface area contributed by atoms with Gasteiger partial charge in [-0.3, -0.25) is 4.79 Å². The molecule has 0 bridgehead atoms. The molecule has 0 aliphatic heterocycles. The minimum Gasteiger partial charge on any atom is -0.370 e.